The van der Waals surface area contributed by atoms with Crippen molar-refractivity contribution in [3.63, 3.8) is 0 Å². The third-order valence-corrected chi connectivity index (χ3v) is 3.92. The van der Waals surface area contributed by atoms with Crippen LogP contribution in [0.25, 0.3) is 6.08 Å². The first-order valence-corrected chi connectivity index (χ1v) is 7.76. The third-order valence-electron chi connectivity index (χ3n) is 3.92. The van der Waals surface area contributed by atoms with Gasteiger partial charge in [0.2, 0.25) is 0 Å². The van der Waals surface area contributed by atoms with E-state index < -0.39 is 11.8 Å². The number of nitrogens with two attached hydrogens (primary N) is 1. The molecule has 0 saturated carbocycles. The van der Waals surface area contributed by atoms with Crippen LogP contribution in [0.2, 0.25) is 0 Å². The first-order chi connectivity index (χ1) is 11.0. The number of carbonyl (C=O) groups excluding carboxylic acids is 2. The molecular weight excluding hydrogens is 297 g/mol. The third kappa shape index (κ3) is 5.83. The number of piperidine rings is 1. The van der Waals surface area contributed by atoms with E-state index in [0.29, 0.717) is 12.5 Å². The lowest BCUT2D eigenvalue weighted by molar-refractivity contribution is -0.137. The van der Waals surface area contributed by atoms with Crippen molar-refractivity contribution < 1.29 is 14.0 Å². The zero-order valence-electron chi connectivity index (χ0n) is 13.0. The lowest BCUT2D eigenvalue weighted by Crippen LogP contribution is -2.43. The highest BCUT2D eigenvalue weighted by Gasteiger charge is 2.20. The number of primary amides is 1. The maximum atomic E-state index is 12.8. The number of nitrogens with zero attached hydrogens (tertiary/aromatic N) is 1. The molecular formula is C17H22FN3O2. The van der Waals surface area contributed by atoms with Crippen molar-refractivity contribution in [3.05, 3.63) is 41.7 Å². The number of hydrogen-bond acceptors (Lipinski definition) is 3. The van der Waals surface area contributed by atoms with Crippen LogP contribution < -0.4 is 11.1 Å². The second-order valence-corrected chi connectivity index (χ2v) is 5.80. The number of halogens is 1. The van der Waals surface area contributed by atoms with Gasteiger partial charge < -0.3 is 11.1 Å². The van der Waals surface area contributed by atoms with Crippen LogP contribution in [0.5, 0.6) is 0 Å². The fourth-order valence-corrected chi connectivity index (χ4v) is 2.72. The van der Waals surface area contributed by atoms with Crippen molar-refractivity contribution in [1.82, 2.24) is 10.2 Å². The van der Waals surface area contributed by atoms with Crippen molar-refractivity contribution >= 4 is 17.9 Å². The second-order valence-electron chi connectivity index (χ2n) is 5.80. The highest BCUT2D eigenvalue weighted by molar-refractivity contribution is 6.34. The number of rotatable bonds is 5. The summed E-state index contributed by atoms with van der Waals surface area (Å²) in [6.45, 7) is 3.15. The van der Waals surface area contributed by atoms with Gasteiger partial charge in [0.1, 0.15) is 5.82 Å². The summed E-state index contributed by atoms with van der Waals surface area (Å²) in [5, 5.41) is 2.57. The number of nitrogens with one attached hydrogen (secondary N) is 1. The molecule has 1 aliphatic rings. The Bertz CT molecular complexity index is 572. The molecule has 6 heteroatoms. The molecule has 0 bridgehead atoms. The van der Waals surface area contributed by atoms with E-state index in [0.717, 1.165) is 38.0 Å². The molecule has 1 atom stereocenters. The molecule has 0 radical (unpaired) electrons. The largest absolute Gasteiger partial charge is 0.361 e. The van der Waals surface area contributed by atoms with Gasteiger partial charge >= 0.3 is 11.8 Å². The summed E-state index contributed by atoms with van der Waals surface area (Å²) in [5.41, 5.74) is 5.88. The van der Waals surface area contributed by atoms with Crippen molar-refractivity contribution in [2.75, 3.05) is 26.2 Å². The van der Waals surface area contributed by atoms with Gasteiger partial charge in [0.15, 0.2) is 0 Å². The molecule has 1 fully saturated rings. The second kappa shape index (κ2) is 8.43. The van der Waals surface area contributed by atoms with Crippen LogP contribution in [0, 0.1) is 11.7 Å². The van der Waals surface area contributed by atoms with Gasteiger partial charge in [-0.25, -0.2) is 4.39 Å². The van der Waals surface area contributed by atoms with Gasteiger partial charge in [0, 0.05) is 19.6 Å². The topological polar surface area (TPSA) is 75.4 Å². The van der Waals surface area contributed by atoms with E-state index >= 15 is 0 Å². The Balaban J connectivity index is 1.76. The molecule has 1 aliphatic heterocycles. The zero-order valence-corrected chi connectivity index (χ0v) is 13.0. The molecule has 23 heavy (non-hydrogen) atoms. The normalized spacial score (nSPS) is 18.9. The van der Waals surface area contributed by atoms with Crippen molar-refractivity contribution in [1.29, 1.82) is 0 Å². The summed E-state index contributed by atoms with van der Waals surface area (Å²) in [6, 6.07) is 6.37. The SMILES string of the molecule is NC(=O)C(=O)NC[C@H]1CCCN(C/C=C/c2ccc(F)cc2)C1. The van der Waals surface area contributed by atoms with Crippen LogP contribution in [-0.4, -0.2) is 42.9 Å². The fraction of sp³-hybridized carbons (Fsp3) is 0.412. The molecule has 3 N–H and O–H groups in total. The molecule has 0 aromatic heterocycles. The first-order valence-electron chi connectivity index (χ1n) is 7.76. The van der Waals surface area contributed by atoms with Crippen molar-refractivity contribution in [2.45, 2.75) is 12.8 Å². The fourth-order valence-electron chi connectivity index (χ4n) is 2.72. The first kappa shape index (κ1) is 17.1. The summed E-state index contributed by atoms with van der Waals surface area (Å²) in [5.74, 6) is -1.58. The molecule has 2 rings (SSSR count). The molecule has 1 heterocycles. The lowest BCUT2D eigenvalue weighted by atomic mass is 9.98. The minimum atomic E-state index is -0.945. The highest BCUT2D eigenvalue weighted by atomic mass is 19.1. The molecule has 0 spiro atoms. The van der Waals surface area contributed by atoms with Crippen LogP contribution in [-0.2, 0) is 9.59 Å². The quantitative estimate of drug-likeness (QED) is 0.800. The predicted octanol–water partition coefficient (Wildman–Crippen LogP) is 1.15. The summed E-state index contributed by atoms with van der Waals surface area (Å²) < 4.78 is 12.8. The Morgan fingerprint density at radius 3 is 2.78 bits per heavy atom. The van der Waals surface area contributed by atoms with Gasteiger partial charge in [-0.05, 0) is 43.0 Å². The van der Waals surface area contributed by atoms with Crippen LogP contribution in [0.1, 0.15) is 18.4 Å². The zero-order chi connectivity index (χ0) is 16.7. The molecule has 2 amide bonds. The van der Waals surface area contributed by atoms with E-state index in [2.05, 4.69) is 16.3 Å². The average molecular weight is 319 g/mol. The van der Waals surface area contributed by atoms with Crippen molar-refractivity contribution in [2.24, 2.45) is 11.7 Å². The summed E-state index contributed by atoms with van der Waals surface area (Å²) >= 11 is 0. The van der Waals surface area contributed by atoms with Crippen LogP contribution in [0.4, 0.5) is 4.39 Å². The number of amides is 2. The minimum absolute atomic E-state index is 0.237. The van der Waals surface area contributed by atoms with Gasteiger partial charge in [-0.1, -0.05) is 24.3 Å². The summed E-state index contributed by atoms with van der Waals surface area (Å²) in [7, 11) is 0. The lowest BCUT2D eigenvalue weighted by Gasteiger charge is -2.31. The minimum Gasteiger partial charge on any atom is -0.361 e. The van der Waals surface area contributed by atoms with E-state index in [9.17, 15) is 14.0 Å². The van der Waals surface area contributed by atoms with Gasteiger partial charge in [0.25, 0.3) is 0 Å². The Morgan fingerprint density at radius 2 is 2.09 bits per heavy atom. The average Bonchev–Trinajstić information content (AvgIpc) is 2.55. The van der Waals surface area contributed by atoms with Gasteiger partial charge in [0.05, 0.1) is 0 Å². The summed E-state index contributed by atoms with van der Waals surface area (Å²) in [4.78, 5) is 24.2. The molecule has 0 unspecified atom stereocenters. The van der Waals surface area contributed by atoms with Crippen LogP contribution in [0.15, 0.2) is 30.3 Å². The van der Waals surface area contributed by atoms with E-state index in [1.165, 1.54) is 12.1 Å². The molecule has 0 aliphatic carbocycles. The molecule has 5 nitrogen and oxygen atoms in total. The molecule has 1 saturated heterocycles. The van der Waals surface area contributed by atoms with E-state index in [4.69, 9.17) is 5.73 Å². The van der Waals surface area contributed by atoms with Gasteiger partial charge in [-0.3, -0.25) is 14.5 Å². The molecule has 1 aromatic carbocycles. The predicted molar refractivity (Wildman–Crippen MR) is 86.8 cm³/mol. The summed E-state index contributed by atoms with van der Waals surface area (Å²) in [6.07, 6.45) is 6.11. The molecule has 124 valence electrons. The number of likely N-dealkylation sites (tertiary alicyclic amines) is 1. The monoisotopic (exact) mass is 319 g/mol. The number of hydrogen-bond donors (Lipinski definition) is 2. The van der Waals surface area contributed by atoms with E-state index in [1.54, 1.807) is 12.1 Å². The van der Waals surface area contributed by atoms with E-state index in [-0.39, 0.29) is 5.82 Å². The Labute approximate surface area is 135 Å². The maximum Gasteiger partial charge on any atom is 0.309 e. The Hall–Kier alpha value is -2.21. The van der Waals surface area contributed by atoms with E-state index in [1.807, 2.05) is 6.08 Å². The maximum absolute atomic E-state index is 12.8. The van der Waals surface area contributed by atoms with Crippen LogP contribution in [0.3, 0.4) is 0 Å². The van der Waals surface area contributed by atoms with Gasteiger partial charge in [-0.15, -0.1) is 0 Å². The van der Waals surface area contributed by atoms with Crippen LogP contribution >= 0.6 is 0 Å². The number of carbonyl (C=O) groups is 2. The standard InChI is InChI=1S/C17H22FN3O2/c18-15-7-5-13(6-8-15)3-1-9-21-10-2-4-14(12-21)11-20-17(23)16(19)22/h1,3,5-8,14H,2,4,9-12H2,(H2,19,22)(H,20,23)/b3-1+/t14-/m1/s1. The van der Waals surface area contributed by atoms with Gasteiger partial charge in [-0.2, -0.15) is 0 Å². The molecule has 1 aromatic rings. The number of benzene rings is 1. The Kier molecular flexibility index (Phi) is 6.29. The Morgan fingerprint density at radius 1 is 1.35 bits per heavy atom. The highest BCUT2D eigenvalue weighted by Crippen LogP contribution is 2.15. The smallest absolute Gasteiger partial charge is 0.309 e. The van der Waals surface area contributed by atoms with Crippen molar-refractivity contribution in [3.8, 4) is 0 Å².